The second-order valence-electron chi connectivity index (χ2n) is 5.01. The van der Waals surface area contributed by atoms with E-state index < -0.39 is 0 Å². The third-order valence-electron chi connectivity index (χ3n) is 3.32. The number of aromatic nitrogens is 2. The van der Waals surface area contributed by atoms with E-state index >= 15 is 0 Å². The summed E-state index contributed by atoms with van der Waals surface area (Å²) in [4.78, 5) is 7.08. The van der Waals surface area contributed by atoms with Gasteiger partial charge >= 0.3 is 0 Å². The number of piperidine rings is 1. The molecular formula is C12H22N4S. The summed E-state index contributed by atoms with van der Waals surface area (Å²) in [5.41, 5.74) is 5.69. The summed E-state index contributed by atoms with van der Waals surface area (Å²) in [5, 5.41) is 1.09. The van der Waals surface area contributed by atoms with Crippen molar-refractivity contribution in [1.29, 1.82) is 0 Å². The van der Waals surface area contributed by atoms with Crippen molar-refractivity contribution in [3.05, 3.63) is 5.82 Å². The van der Waals surface area contributed by atoms with Crippen LogP contribution < -0.4 is 10.6 Å². The van der Waals surface area contributed by atoms with Crippen molar-refractivity contribution < 1.29 is 0 Å². The van der Waals surface area contributed by atoms with E-state index in [1.807, 2.05) is 0 Å². The Hall–Kier alpha value is -0.680. The maximum atomic E-state index is 5.69. The zero-order chi connectivity index (χ0) is 12.3. The third kappa shape index (κ3) is 2.96. The first-order valence-corrected chi connectivity index (χ1v) is 7.30. The van der Waals surface area contributed by atoms with Gasteiger partial charge in [-0.3, -0.25) is 0 Å². The molecule has 0 aromatic carbocycles. The van der Waals surface area contributed by atoms with Gasteiger partial charge in [0.25, 0.3) is 0 Å². The molecule has 96 valence electrons. The van der Waals surface area contributed by atoms with Crippen molar-refractivity contribution in [2.24, 2.45) is 5.73 Å². The van der Waals surface area contributed by atoms with Crippen LogP contribution in [0.4, 0.5) is 5.13 Å². The number of nitrogens with two attached hydrogens (primary N) is 1. The van der Waals surface area contributed by atoms with Crippen LogP contribution in [0.15, 0.2) is 0 Å². The fourth-order valence-corrected chi connectivity index (χ4v) is 3.23. The highest BCUT2D eigenvalue weighted by atomic mass is 32.1. The second kappa shape index (κ2) is 5.78. The SMILES string of the molecule is CC(C)c1nsc(N2CCCCC2CCN)n1. The molecule has 2 heterocycles. The van der Waals surface area contributed by atoms with E-state index in [2.05, 4.69) is 28.1 Å². The predicted molar refractivity (Wildman–Crippen MR) is 72.7 cm³/mol. The number of hydrogen-bond donors (Lipinski definition) is 1. The Morgan fingerprint density at radius 2 is 2.29 bits per heavy atom. The molecule has 2 N–H and O–H groups in total. The largest absolute Gasteiger partial charge is 0.344 e. The topological polar surface area (TPSA) is 55.0 Å². The molecule has 4 nitrogen and oxygen atoms in total. The van der Waals surface area contributed by atoms with Crippen molar-refractivity contribution >= 4 is 16.7 Å². The molecule has 5 heteroatoms. The van der Waals surface area contributed by atoms with Crippen molar-refractivity contribution in [2.45, 2.75) is 51.5 Å². The summed E-state index contributed by atoms with van der Waals surface area (Å²) in [6.45, 7) is 6.15. The lowest BCUT2D eigenvalue weighted by atomic mass is 10.0. The summed E-state index contributed by atoms with van der Waals surface area (Å²) in [6, 6.07) is 0.571. The molecule has 1 aliphatic heterocycles. The number of hydrogen-bond acceptors (Lipinski definition) is 5. The highest BCUT2D eigenvalue weighted by Gasteiger charge is 2.24. The lowest BCUT2D eigenvalue weighted by molar-refractivity contribution is 0.441. The molecule has 2 rings (SSSR count). The summed E-state index contributed by atoms with van der Waals surface area (Å²) in [5.74, 6) is 1.39. The van der Waals surface area contributed by atoms with Crippen molar-refractivity contribution in [3.8, 4) is 0 Å². The quantitative estimate of drug-likeness (QED) is 0.896. The van der Waals surface area contributed by atoms with Gasteiger partial charge < -0.3 is 10.6 Å². The number of rotatable bonds is 4. The van der Waals surface area contributed by atoms with E-state index in [9.17, 15) is 0 Å². The first-order chi connectivity index (χ1) is 8.22. The van der Waals surface area contributed by atoms with Gasteiger partial charge in [0.05, 0.1) is 0 Å². The minimum absolute atomic E-state index is 0.415. The van der Waals surface area contributed by atoms with Crippen LogP contribution in [0.3, 0.4) is 0 Å². The molecule has 0 spiro atoms. The van der Waals surface area contributed by atoms with E-state index in [1.54, 1.807) is 0 Å². The summed E-state index contributed by atoms with van der Waals surface area (Å²) < 4.78 is 4.44. The Labute approximate surface area is 107 Å². The molecule has 0 radical (unpaired) electrons. The smallest absolute Gasteiger partial charge is 0.205 e. The number of nitrogens with zero attached hydrogens (tertiary/aromatic N) is 3. The van der Waals surface area contributed by atoms with E-state index in [0.717, 1.165) is 30.5 Å². The molecule has 17 heavy (non-hydrogen) atoms. The summed E-state index contributed by atoms with van der Waals surface area (Å²) in [7, 11) is 0. The molecule has 1 fully saturated rings. The molecule has 0 amide bonds. The molecule has 1 aliphatic rings. The average Bonchev–Trinajstić information content (AvgIpc) is 2.79. The molecule has 1 aromatic rings. The van der Waals surface area contributed by atoms with Gasteiger partial charge in [-0.15, -0.1) is 0 Å². The molecule has 0 bridgehead atoms. The van der Waals surface area contributed by atoms with Gasteiger partial charge in [-0.1, -0.05) is 13.8 Å². The van der Waals surface area contributed by atoms with Crippen LogP contribution in [0.5, 0.6) is 0 Å². The maximum Gasteiger partial charge on any atom is 0.205 e. The van der Waals surface area contributed by atoms with Gasteiger partial charge in [0.2, 0.25) is 5.13 Å². The van der Waals surface area contributed by atoms with Crippen LogP contribution in [0, 0.1) is 0 Å². The summed E-state index contributed by atoms with van der Waals surface area (Å²) in [6.07, 6.45) is 4.89. The van der Waals surface area contributed by atoms with Gasteiger partial charge in [-0.25, -0.2) is 4.98 Å². The Morgan fingerprint density at radius 3 is 2.94 bits per heavy atom. The average molecular weight is 254 g/mol. The normalized spacial score (nSPS) is 21.2. The van der Waals surface area contributed by atoms with E-state index in [0.29, 0.717) is 12.0 Å². The first kappa shape index (κ1) is 12.8. The van der Waals surface area contributed by atoms with Gasteiger partial charge in [-0.05, 0) is 32.2 Å². The lowest BCUT2D eigenvalue weighted by Crippen LogP contribution is -2.40. The van der Waals surface area contributed by atoms with Crippen LogP contribution in [0.1, 0.15) is 51.3 Å². The van der Waals surface area contributed by atoms with Crippen molar-refractivity contribution in [2.75, 3.05) is 18.0 Å². The van der Waals surface area contributed by atoms with Crippen LogP contribution in [0.2, 0.25) is 0 Å². The second-order valence-corrected chi connectivity index (χ2v) is 5.74. The monoisotopic (exact) mass is 254 g/mol. The summed E-state index contributed by atoms with van der Waals surface area (Å²) >= 11 is 1.54. The highest BCUT2D eigenvalue weighted by molar-refractivity contribution is 7.09. The van der Waals surface area contributed by atoms with E-state index in [-0.39, 0.29) is 0 Å². The standard InChI is InChI=1S/C12H22N4S/c1-9(2)11-14-12(17-15-11)16-8-4-3-5-10(16)6-7-13/h9-10H,3-8,13H2,1-2H3. The van der Waals surface area contributed by atoms with Crippen LogP contribution in [-0.4, -0.2) is 28.5 Å². The van der Waals surface area contributed by atoms with Gasteiger partial charge in [-0.2, -0.15) is 4.37 Å². The molecule has 1 aromatic heterocycles. The molecule has 1 unspecified atom stereocenters. The minimum Gasteiger partial charge on any atom is -0.344 e. The maximum absolute atomic E-state index is 5.69. The molecule has 0 saturated carbocycles. The Balaban J connectivity index is 2.11. The van der Waals surface area contributed by atoms with Gasteiger partial charge in [0.15, 0.2) is 0 Å². The minimum atomic E-state index is 0.415. The van der Waals surface area contributed by atoms with Crippen LogP contribution in [-0.2, 0) is 0 Å². The van der Waals surface area contributed by atoms with Crippen molar-refractivity contribution in [1.82, 2.24) is 9.36 Å². The van der Waals surface area contributed by atoms with Crippen LogP contribution >= 0.6 is 11.5 Å². The Bertz CT molecular complexity index is 348. The van der Waals surface area contributed by atoms with E-state index in [1.165, 1.54) is 30.8 Å². The lowest BCUT2D eigenvalue weighted by Gasteiger charge is -2.35. The predicted octanol–water partition coefficient (Wildman–Crippen LogP) is 2.37. The highest BCUT2D eigenvalue weighted by Crippen LogP contribution is 2.28. The third-order valence-corrected chi connectivity index (χ3v) is 4.09. The molecular weight excluding hydrogens is 232 g/mol. The van der Waals surface area contributed by atoms with Crippen LogP contribution in [0.25, 0.3) is 0 Å². The molecule has 1 saturated heterocycles. The fraction of sp³-hybridized carbons (Fsp3) is 0.833. The zero-order valence-electron chi connectivity index (χ0n) is 10.7. The van der Waals surface area contributed by atoms with Crippen molar-refractivity contribution in [3.63, 3.8) is 0 Å². The molecule has 1 atom stereocenters. The Kier molecular flexibility index (Phi) is 4.34. The van der Waals surface area contributed by atoms with Gasteiger partial charge in [0, 0.05) is 30.0 Å². The Morgan fingerprint density at radius 1 is 1.47 bits per heavy atom. The van der Waals surface area contributed by atoms with E-state index in [4.69, 9.17) is 5.73 Å². The first-order valence-electron chi connectivity index (χ1n) is 6.52. The molecule has 0 aliphatic carbocycles. The van der Waals surface area contributed by atoms with Gasteiger partial charge in [0.1, 0.15) is 5.82 Å². The number of anilines is 1. The zero-order valence-corrected chi connectivity index (χ0v) is 11.5. The fourth-order valence-electron chi connectivity index (χ4n) is 2.32.